The second-order valence-electron chi connectivity index (χ2n) is 4.33. The molecular weight excluding hydrogens is 246 g/mol. The number of hydrogen-bond acceptors (Lipinski definition) is 4. The first-order valence-electron chi connectivity index (χ1n) is 6.06. The summed E-state index contributed by atoms with van der Waals surface area (Å²) in [6.07, 6.45) is 1.48. The molecule has 0 radical (unpaired) electrons. The highest BCUT2D eigenvalue weighted by Gasteiger charge is 2.17. The summed E-state index contributed by atoms with van der Waals surface area (Å²) in [5.74, 6) is 0.252. The summed E-state index contributed by atoms with van der Waals surface area (Å²) in [5.41, 5.74) is 2.44. The van der Waals surface area contributed by atoms with Gasteiger partial charge in [-0.05, 0) is 23.8 Å². The Kier molecular flexibility index (Phi) is 2.76. The van der Waals surface area contributed by atoms with Gasteiger partial charge in [-0.1, -0.05) is 13.0 Å². The standard InChI is InChI=1S/C14H13NO4/c1-2-11-9(5-6-18-11)13(16)8-3-4-10-12(7-8)19-14(17)15-10/h3-7,13,16H,2H2,1H3,(H,15,17). The molecule has 1 atom stereocenters. The number of aromatic nitrogens is 1. The maximum atomic E-state index is 11.1. The van der Waals surface area contributed by atoms with Gasteiger partial charge in [-0.3, -0.25) is 4.98 Å². The minimum absolute atomic E-state index is 0.433. The number of oxazole rings is 1. The highest BCUT2D eigenvalue weighted by molar-refractivity contribution is 5.73. The Labute approximate surface area is 108 Å². The zero-order valence-corrected chi connectivity index (χ0v) is 10.3. The maximum absolute atomic E-state index is 11.1. The molecule has 19 heavy (non-hydrogen) atoms. The molecule has 0 aliphatic rings. The number of aryl methyl sites for hydroxylation is 1. The summed E-state index contributed by atoms with van der Waals surface area (Å²) in [6.45, 7) is 1.96. The largest absolute Gasteiger partial charge is 0.469 e. The fraction of sp³-hybridized carbons (Fsp3) is 0.214. The van der Waals surface area contributed by atoms with E-state index in [2.05, 4.69) is 4.98 Å². The number of rotatable bonds is 3. The van der Waals surface area contributed by atoms with Crippen LogP contribution in [0, 0.1) is 0 Å². The van der Waals surface area contributed by atoms with E-state index in [0.29, 0.717) is 23.1 Å². The monoisotopic (exact) mass is 259 g/mol. The Morgan fingerprint density at radius 3 is 3.00 bits per heavy atom. The van der Waals surface area contributed by atoms with Crippen LogP contribution in [0.15, 0.2) is 44.2 Å². The van der Waals surface area contributed by atoms with Crippen molar-refractivity contribution < 1.29 is 13.9 Å². The zero-order chi connectivity index (χ0) is 13.4. The van der Waals surface area contributed by atoms with Gasteiger partial charge in [0.15, 0.2) is 5.58 Å². The molecule has 0 amide bonds. The van der Waals surface area contributed by atoms with Gasteiger partial charge in [-0.25, -0.2) is 4.79 Å². The molecule has 5 nitrogen and oxygen atoms in total. The second kappa shape index (κ2) is 4.44. The van der Waals surface area contributed by atoms with Crippen LogP contribution in [0.4, 0.5) is 0 Å². The van der Waals surface area contributed by atoms with E-state index in [9.17, 15) is 9.90 Å². The van der Waals surface area contributed by atoms with Crippen LogP contribution in [-0.2, 0) is 6.42 Å². The first-order valence-corrected chi connectivity index (χ1v) is 6.06. The van der Waals surface area contributed by atoms with Gasteiger partial charge < -0.3 is 13.9 Å². The first-order chi connectivity index (χ1) is 9.19. The van der Waals surface area contributed by atoms with Crippen molar-refractivity contribution in [3.63, 3.8) is 0 Å². The Bertz CT molecular complexity index is 765. The van der Waals surface area contributed by atoms with Gasteiger partial charge in [0.2, 0.25) is 0 Å². The molecule has 2 heterocycles. The van der Waals surface area contributed by atoms with E-state index in [0.717, 1.165) is 11.3 Å². The summed E-state index contributed by atoms with van der Waals surface area (Å²) in [7, 11) is 0. The summed E-state index contributed by atoms with van der Waals surface area (Å²) >= 11 is 0. The lowest BCUT2D eigenvalue weighted by Crippen LogP contribution is -2.00. The lowest BCUT2D eigenvalue weighted by molar-refractivity contribution is 0.217. The minimum Gasteiger partial charge on any atom is -0.469 e. The Hall–Kier alpha value is -2.27. The van der Waals surface area contributed by atoms with Crippen molar-refractivity contribution >= 4 is 11.1 Å². The number of H-pyrrole nitrogens is 1. The third kappa shape index (κ3) is 1.98. The van der Waals surface area contributed by atoms with Crippen molar-refractivity contribution in [1.82, 2.24) is 4.98 Å². The van der Waals surface area contributed by atoms with Crippen molar-refractivity contribution in [3.05, 3.63) is 58.0 Å². The van der Waals surface area contributed by atoms with Crippen LogP contribution in [0.1, 0.15) is 29.9 Å². The highest BCUT2D eigenvalue weighted by atomic mass is 16.4. The minimum atomic E-state index is -0.793. The quantitative estimate of drug-likeness (QED) is 0.756. The topological polar surface area (TPSA) is 79.4 Å². The Morgan fingerprint density at radius 2 is 2.21 bits per heavy atom. The average molecular weight is 259 g/mol. The van der Waals surface area contributed by atoms with Gasteiger partial charge in [-0.15, -0.1) is 0 Å². The van der Waals surface area contributed by atoms with Crippen molar-refractivity contribution in [2.75, 3.05) is 0 Å². The molecule has 1 unspecified atom stereocenters. The van der Waals surface area contributed by atoms with Gasteiger partial charge >= 0.3 is 5.76 Å². The molecule has 0 saturated carbocycles. The number of aromatic amines is 1. The van der Waals surface area contributed by atoms with Gasteiger partial charge in [0, 0.05) is 12.0 Å². The summed E-state index contributed by atoms with van der Waals surface area (Å²) in [4.78, 5) is 13.7. The summed E-state index contributed by atoms with van der Waals surface area (Å²) < 4.78 is 10.3. The lowest BCUT2D eigenvalue weighted by atomic mass is 10.0. The van der Waals surface area contributed by atoms with Crippen molar-refractivity contribution in [3.8, 4) is 0 Å². The summed E-state index contributed by atoms with van der Waals surface area (Å²) in [5, 5.41) is 10.4. The first kappa shape index (κ1) is 11.8. The normalized spacial score (nSPS) is 12.9. The van der Waals surface area contributed by atoms with E-state index in [1.54, 1.807) is 30.5 Å². The van der Waals surface area contributed by atoms with E-state index in [1.807, 2.05) is 6.92 Å². The van der Waals surface area contributed by atoms with E-state index in [1.165, 1.54) is 0 Å². The molecule has 0 aliphatic heterocycles. The van der Waals surface area contributed by atoms with E-state index in [4.69, 9.17) is 8.83 Å². The molecule has 0 fully saturated rings. The lowest BCUT2D eigenvalue weighted by Gasteiger charge is -2.10. The van der Waals surface area contributed by atoms with Crippen molar-refractivity contribution in [1.29, 1.82) is 0 Å². The number of aliphatic hydroxyl groups excluding tert-OH is 1. The van der Waals surface area contributed by atoms with Crippen LogP contribution < -0.4 is 5.76 Å². The van der Waals surface area contributed by atoms with E-state index >= 15 is 0 Å². The molecule has 0 bridgehead atoms. The number of benzene rings is 1. The molecule has 3 rings (SSSR count). The van der Waals surface area contributed by atoms with Crippen molar-refractivity contribution in [2.24, 2.45) is 0 Å². The van der Waals surface area contributed by atoms with Crippen LogP contribution in [0.5, 0.6) is 0 Å². The van der Waals surface area contributed by atoms with Gasteiger partial charge in [-0.2, -0.15) is 0 Å². The fourth-order valence-corrected chi connectivity index (χ4v) is 2.19. The predicted molar refractivity (Wildman–Crippen MR) is 69.0 cm³/mol. The van der Waals surface area contributed by atoms with E-state index in [-0.39, 0.29) is 0 Å². The molecule has 2 N–H and O–H groups in total. The number of fused-ring (bicyclic) bond motifs is 1. The highest BCUT2D eigenvalue weighted by Crippen LogP contribution is 2.27. The molecule has 3 aromatic rings. The molecule has 0 spiro atoms. The van der Waals surface area contributed by atoms with E-state index < -0.39 is 11.9 Å². The van der Waals surface area contributed by atoms with Gasteiger partial charge in [0.25, 0.3) is 0 Å². The van der Waals surface area contributed by atoms with Crippen LogP contribution in [0.25, 0.3) is 11.1 Å². The summed E-state index contributed by atoms with van der Waals surface area (Å²) in [6, 6.07) is 6.88. The second-order valence-corrected chi connectivity index (χ2v) is 4.33. The van der Waals surface area contributed by atoms with Crippen LogP contribution in [-0.4, -0.2) is 10.1 Å². The third-order valence-electron chi connectivity index (χ3n) is 3.16. The SMILES string of the molecule is CCc1occc1C(O)c1ccc2[nH]c(=O)oc2c1. The number of hydrogen-bond donors (Lipinski definition) is 2. The van der Waals surface area contributed by atoms with Crippen LogP contribution in [0.3, 0.4) is 0 Å². The number of furan rings is 1. The zero-order valence-electron chi connectivity index (χ0n) is 10.3. The number of nitrogens with one attached hydrogen (secondary N) is 1. The molecule has 1 aromatic carbocycles. The van der Waals surface area contributed by atoms with Crippen molar-refractivity contribution in [2.45, 2.75) is 19.4 Å². The fourth-order valence-electron chi connectivity index (χ4n) is 2.19. The maximum Gasteiger partial charge on any atom is 0.417 e. The molecule has 5 heteroatoms. The average Bonchev–Trinajstić information content (AvgIpc) is 3.01. The third-order valence-corrected chi connectivity index (χ3v) is 3.16. The molecule has 2 aromatic heterocycles. The molecular formula is C14H13NO4. The van der Waals surface area contributed by atoms with Crippen LogP contribution in [0.2, 0.25) is 0 Å². The molecule has 0 saturated heterocycles. The number of aliphatic hydroxyl groups is 1. The Morgan fingerprint density at radius 1 is 1.37 bits per heavy atom. The predicted octanol–water partition coefficient (Wildman–Crippen LogP) is 2.36. The smallest absolute Gasteiger partial charge is 0.417 e. The van der Waals surface area contributed by atoms with Crippen LogP contribution >= 0.6 is 0 Å². The molecule has 98 valence electrons. The Balaban J connectivity index is 2.05. The molecule has 0 aliphatic carbocycles. The van der Waals surface area contributed by atoms with Gasteiger partial charge in [0.05, 0.1) is 11.8 Å². The van der Waals surface area contributed by atoms with Gasteiger partial charge in [0.1, 0.15) is 11.9 Å².